The molecule has 0 bridgehead atoms. The van der Waals surface area contributed by atoms with Gasteiger partial charge in [0.25, 0.3) is 11.8 Å². The Morgan fingerprint density at radius 1 is 0.941 bits per heavy atom. The van der Waals surface area contributed by atoms with E-state index in [2.05, 4.69) is 10.0 Å². The van der Waals surface area contributed by atoms with E-state index in [1.807, 2.05) is 24.3 Å². The van der Waals surface area contributed by atoms with Crippen molar-refractivity contribution in [2.75, 3.05) is 37.0 Å². The molecule has 176 valence electrons. The van der Waals surface area contributed by atoms with Gasteiger partial charge in [-0.1, -0.05) is 18.2 Å². The van der Waals surface area contributed by atoms with Crippen molar-refractivity contribution >= 4 is 33.2 Å². The van der Waals surface area contributed by atoms with E-state index >= 15 is 0 Å². The third-order valence-corrected chi connectivity index (χ3v) is 7.02. The molecule has 34 heavy (non-hydrogen) atoms. The first kappa shape index (κ1) is 23.6. The molecule has 4 rings (SSSR count). The van der Waals surface area contributed by atoms with Crippen molar-refractivity contribution < 1.29 is 22.7 Å². The van der Waals surface area contributed by atoms with Gasteiger partial charge in [-0.2, -0.15) is 0 Å². The van der Waals surface area contributed by atoms with E-state index < -0.39 is 10.0 Å². The molecule has 8 nitrogen and oxygen atoms in total. The summed E-state index contributed by atoms with van der Waals surface area (Å²) >= 11 is 0. The number of amides is 2. The van der Waals surface area contributed by atoms with Crippen molar-refractivity contribution in [2.24, 2.45) is 0 Å². The number of methoxy groups -OCH3 is 1. The second-order valence-corrected chi connectivity index (χ2v) is 9.55. The van der Waals surface area contributed by atoms with E-state index in [-0.39, 0.29) is 29.9 Å². The second-order valence-electron chi connectivity index (χ2n) is 7.78. The summed E-state index contributed by atoms with van der Waals surface area (Å²) < 4.78 is 31.7. The Bertz CT molecular complexity index is 1290. The predicted molar refractivity (Wildman–Crippen MR) is 130 cm³/mol. The van der Waals surface area contributed by atoms with E-state index in [1.165, 1.54) is 31.4 Å². The van der Waals surface area contributed by atoms with Crippen LogP contribution in [0.5, 0.6) is 0 Å². The molecule has 0 atom stereocenters. The maximum absolute atomic E-state index is 12.9. The van der Waals surface area contributed by atoms with Gasteiger partial charge in [0, 0.05) is 42.7 Å². The van der Waals surface area contributed by atoms with Crippen molar-refractivity contribution in [3.63, 3.8) is 0 Å². The number of hydrogen-bond donors (Lipinski definition) is 2. The van der Waals surface area contributed by atoms with Gasteiger partial charge < -0.3 is 15.0 Å². The van der Waals surface area contributed by atoms with Crippen LogP contribution in [-0.4, -0.2) is 47.0 Å². The van der Waals surface area contributed by atoms with Crippen LogP contribution in [0.2, 0.25) is 0 Å². The van der Waals surface area contributed by atoms with E-state index in [0.717, 1.165) is 17.7 Å². The van der Waals surface area contributed by atoms with Gasteiger partial charge in [0.1, 0.15) is 0 Å². The Morgan fingerprint density at radius 2 is 1.62 bits per heavy atom. The lowest BCUT2D eigenvalue weighted by Gasteiger charge is -2.17. The van der Waals surface area contributed by atoms with E-state index in [4.69, 9.17) is 4.74 Å². The molecule has 0 unspecified atom stereocenters. The average molecular weight is 480 g/mol. The van der Waals surface area contributed by atoms with Gasteiger partial charge in [0.2, 0.25) is 10.0 Å². The zero-order valence-corrected chi connectivity index (χ0v) is 19.5. The maximum Gasteiger partial charge on any atom is 0.258 e. The summed E-state index contributed by atoms with van der Waals surface area (Å²) in [5, 5.41) is 2.76. The van der Waals surface area contributed by atoms with Gasteiger partial charge in [0.15, 0.2) is 0 Å². The summed E-state index contributed by atoms with van der Waals surface area (Å²) in [6.07, 6.45) is 0.833. The Kier molecular flexibility index (Phi) is 7.06. The first-order chi connectivity index (χ1) is 16.4. The summed E-state index contributed by atoms with van der Waals surface area (Å²) in [7, 11) is -2.18. The van der Waals surface area contributed by atoms with Crippen LogP contribution in [0.4, 0.5) is 11.4 Å². The van der Waals surface area contributed by atoms with Crippen LogP contribution in [0, 0.1) is 0 Å². The molecule has 0 aliphatic carbocycles. The third-order valence-electron chi connectivity index (χ3n) is 5.55. The fraction of sp³-hybridized carbons (Fsp3) is 0.200. The van der Waals surface area contributed by atoms with Crippen LogP contribution in [0.15, 0.2) is 77.7 Å². The molecule has 0 fully saturated rings. The standard InChI is InChI=1S/C25H25N3O5S/c1-33-17-15-26-34(31,32)22-12-8-19(9-13-22)24(29)27-21-10-6-20(7-11-21)25(30)28-16-14-18-4-2-3-5-23(18)28/h2-13,26H,14-17H2,1H3,(H,27,29). The lowest BCUT2D eigenvalue weighted by molar-refractivity contribution is 0.0988. The van der Waals surface area contributed by atoms with Gasteiger partial charge in [0.05, 0.1) is 11.5 Å². The number of hydrogen-bond acceptors (Lipinski definition) is 5. The van der Waals surface area contributed by atoms with Crippen LogP contribution in [0.25, 0.3) is 0 Å². The zero-order chi connectivity index (χ0) is 24.1. The summed E-state index contributed by atoms with van der Waals surface area (Å²) in [6, 6.07) is 20.2. The first-order valence-electron chi connectivity index (χ1n) is 10.8. The van der Waals surface area contributed by atoms with Crippen molar-refractivity contribution in [3.8, 4) is 0 Å². The van der Waals surface area contributed by atoms with Crippen LogP contribution >= 0.6 is 0 Å². The number of sulfonamides is 1. The first-order valence-corrected chi connectivity index (χ1v) is 12.3. The molecule has 0 saturated carbocycles. The normalized spacial score (nSPS) is 12.9. The van der Waals surface area contributed by atoms with E-state index in [1.54, 1.807) is 29.2 Å². The van der Waals surface area contributed by atoms with Crippen LogP contribution in [0.3, 0.4) is 0 Å². The molecule has 2 amide bonds. The van der Waals surface area contributed by atoms with Crippen molar-refractivity contribution in [2.45, 2.75) is 11.3 Å². The Balaban J connectivity index is 1.39. The number of rotatable bonds is 8. The second kappa shape index (κ2) is 10.2. The molecule has 3 aromatic carbocycles. The quantitative estimate of drug-likeness (QED) is 0.483. The monoisotopic (exact) mass is 479 g/mol. The van der Waals surface area contributed by atoms with E-state index in [9.17, 15) is 18.0 Å². The van der Waals surface area contributed by atoms with Crippen LogP contribution in [-0.2, 0) is 21.2 Å². The minimum Gasteiger partial charge on any atom is -0.383 e. The molecule has 3 aromatic rings. The summed E-state index contributed by atoms with van der Waals surface area (Å²) in [5.74, 6) is -0.470. The molecule has 0 spiro atoms. The minimum atomic E-state index is -3.67. The Hall–Kier alpha value is -3.53. The smallest absolute Gasteiger partial charge is 0.258 e. The van der Waals surface area contributed by atoms with Gasteiger partial charge in [-0.05, 0) is 66.6 Å². The molecule has 2 N–H and O–H groups in total. The lowest BCUT2D eigenvalue weighted by Crippen LogP contribution is -2.28. The molecule has 1 aliphatic heterocycles. The van der Waals surface area contributed by atoms with Crippen LogP contribution in [0.1, 0.15) is 26.3 Å². The fourth-order valence-electron chi connectivity index (χ4n) is 3.75. The minimum absolute atomic E-state index is 0.0616. The van der Waals surface area contributed by atoms with Crippen molar-refractivity contribution in [3.05, 3.63) is 89.5 Å². The van der Waals surface area contributed by atoms with Gasteiger partial charge in [-0.25, -0.2) is 13.1 Å². The highest BCUT2D eigenvalue weighted by molar-refractivity contribution is 7.89. The van der Waals surface area contributed by atoms with Gasteiger partial charge >= 0.3 is 0 Å². The average Bonchev–Trinajstić information content (AvgIpc) is 3.28. The molecule has 0 saturated heterocycles. The molecular formula is C25H25N3O5S. The summed E-state index contributed by atoms with van der Waals surface area (Å²) in [6.45, 7) is 1.06. The molecule has 0 aromatic heterocycles. The molecule has 9 heteroatoms. The number of carbonyl (C=O) groups excluding carboxylic acids is 2. The number of para-hydroxylation sites is 1. The molecule has 0 radical (unpaired) electrons. The largest absolute Gasteiger partial charge is 0.383 e. The highest BCUT2D eigenvalue weighted by Gasteiger charge is 2.25. The lowest BCUT2D eigenvalue weighted by atomic mass is 10.1. The van der Waals surface area contributed by atoms with Crippen molar-refractivity contribution in [1.29, 1.82) is 0 Å². The highest BCUT2D eigenvalue weighted by atomic mass is 32.2. The summed E-state index contributed by atoms with van der Waals surface area (Å²) in [5.41, 5.74) is 3.46. The SMILES string of the molecule is COCCNS(=O)(=O)c1ccc(C(=O)Nc2ccc(C(=O)N3CCc4ccccc43)cc2)cc1. The van der Waals surface area contributed by atoms with Gasteiger partial charge in [-0.15, -0.1) is 0 Å². The third kappa shape index (κ3) is 5.17. The summed E-state index contributed by atoms with van der Waals surface area (Å²) in [4.78, 5) is 27.3. The Morgan fingerprint density at radius 3 is 2.32 bits per heavy atom. The predicted octanol–water partition coefficient (Wildman–Crippen LogP) is 3.07. The molecule has 1 aliphatic rings. The van der Waals surface area contributed by atoms with E-state index in [0.29, 0.717) is 23.4 Å². The molecular weight excluding hydrogens is 454 g/mol. The molecule has 1 heterocycles. The number of fused-ring (bicyclic) bond motifs is 1. The number of anilines is 2. The number of nitrogens with zero attached hydrogens (tertiary/aromatic N) is 1. The topological polar surface area (TPSA) is 105 Å². The highest BCUT2D eigenvalue weighted by Crippen LogP contribution is 2.29. The number of ether oxygens (including phenoxy) is 1. The van der Waals surface area contributed by atoms with Crippen molar-refractivity contribution in [1.82, 2.24) is 4.72 Å². The number of benzene rings is 3. The number of carbonyl (C=O) groups is 2. The maximum atomic E-state index is 12.9. The Labute approximate surface area is 198 Å². The zero-order valence-electron chi connectivity index (χ0n) is 18.7. The van der Waals surface area contributed by atoms with Crippen LogP contribution < -0.4 is 14.9 Å². The van der Waals surface area contributed by atoms with Gasteiger partial charge in [-0.3, -0.25) is 9.59 Å². The number of nitrogens with one attached hydrogen (secondary N) is 2. The fourth-order valence-corrected chi connectivity index (χ4v) is 4.76.